The third-order valence-electron chi connectivity index (χ3n) is 3.63. The van der Waals surface area contributed by atoms with Gasteiger partial charge in [0.2, 0.25) is 0 Å². The molecule has 0 saturated heterocycles. The van der Waals surface area contributed by atoms with Crippen LogP contribution in [0.5, 0.6) is 0 Å². The number of benzene rings is 1. The maximum Gasteiger partial charge on any atom is 0.129 e. The molecule has 4 heteroatoms. The van der Waals surface area contributed by atoms with Crippen molar-refractivity contribution in [2.75, 3.05) is 6.54 Å². The summed E-state index contributed by atoms with van der Waals surface area (Å²) in [6.07, 6.45) is 6.05. The second kappa shape index (κ2) is 6.50. The summed E-state index contributed by atoms with van der Waals surface area (Å²) in [5, 5.41) is 3.91. The van der Waals surface area contributed by atoms with Gasteiger partial charge in [-0.05, 0) is 25.0 Å². The summed E-state index contributed by atoms with van der Waals surface area (Å²) >= 11 is 6.09. The van der Waals surface area contributed by atoms with Gasteiger partial charge in [-0.3, -0.25) is 0 Å². The minimum Gasteiger partial charge on any atom is -0.329 e. The second-order valence-electron chi connectivity index (χ2n) is 4.93. The number of hydrogen-bond donors (Lipinski definition) is 2. The van der Waals surface area contributed by atoms with Gasteiger partial charge < -0.3 is 11.1 Å². The molecule has 0 aliphatic heterocycles. The Hall–Kier alpha value is -0.640. The standard InChI is InChI=1S/C14H20ClFN2/c15-11-7-4-8-12(16)14(11)13(9-17)18-10-5-2-1-3-6-10/h4,7-8,10,13,18H,1-3,5-6,9,17H2. The molecule has 2 rings (SSSR count). The summed E-state index contributed by atoms with van der Waals surface area (Å²) < 4.78 is 13.9. The number of rotatable bonds is 4. The van der Waals surface area contributed by atoms with Crippen molar-refractivity contribution in [2.45, 2.75) is 44.2 Å². The van der Waals surface area contributed by atoms with E-state index in [2.05, 4.69) is 5.32 Å². The topological polar surface area (TPSA) is 38.0 Å². The van der Waals surface area contributed by atoms with Crippen molar-refractivity contribution in [3.05, 3.63) is 34.6 Å². The molecule has 1 aliphatic rings. The van der Waals surface area contributed by atoms with E-state index in [-0.39, 0.29) is 11.9 Å². The van der Waals surface area contributed by atoms with Gasteiger partial charge in [0.05, 0.1) is 0 Å². The molecular formula is C14H20ClFN2. The quantitative estimate of drug-likeness (QED) is 0.880. The van der Waals surface area contributed by atoms with Crippen molar-refractivity contribution < 1.29 is 4.39 Å². The number of nitrogens with one attached hydrogen (secondary N) is 1. The van der Waals surface area contributed by atoms with Crippen molar-refractivity contribution in [3.8, 4) is 0 Å². The summed E-state index contributed by atoms with van der Waals surface area (Å²) in [4.78, 5) is 0. The molecule has 0 spiro atoms. The Morgan fingerprint density at radius 2 is 2.06 bits per heavy atom. The van der Waals surface area contributed by atoms with Gasteiger partial charge in [-0.25, -0.2) is 4.39 Å². The normalized spacial score (nSPS) is 18.8. The first-order valence-electron chi connectivity index (χ1n) is 6.62. The van der Waals surface area contributed by atoms with Crippen LogP contribution < -0.4 is 11.1 Å². The highest BCUT2D eigenvalue weighted by molar-refractivity contribution is 6.31. The smallest absolute Gasteiger partial charge is 0.129 e. The molecule has 1 saturated carbocycles. The average molecular weight is 271 g/mol. The van der Waals surface area contributed by atoms with Gasteiger partial charge in [-0.2, -0.15) is 0 Å². The molecule has 1 aromatic rings. The Morgan fingerprint density at radius 1 is 1.33 bits per heavy atom. The summed E-state index contributed by atoms with van der Waals surface area (Å²) in [6, 6.07) is 5.01. The lowest BCUT2D eigenvalue weighted by Crippen LogP contribution is -2.38. The SMILES string of the molecule is NCC(NC1CCCCC1)c1c(F)cccc1Cl. The van der Waals surface area contributed by atoms with Crippen LogP contribution in [0.1, 0.15) is 43.7 Å². The first-order chi connectivity index (χ1) is 8.72. The van der Waals surface area contributed by atoms with Crippen LogP contribution in [-0.2, 0) is 0 Å². The second-order valence-corrected chi connectivity index (χ2v) is 5.33. The molecule has 2 nitrogen and oxygen atoms in total. The molecule has 0 aromatic heterocycles. The summed E-state index contributed by atoms with van der Waals surface area (Å²) in [5.74, 6) is -0.277. The zero-order valence-corrected chi connectivity index (χ0v) is 11.2. The molecule has 1 aromatic carbocycles. The number of hydrogen-bond acceptors (Lipinski definition) is 2. The fourth-order valence-corrected chi connectivity index (χ4v) is 2.96. The Bertz CT molecular complexity index is 371. The van der Waals surface area contributed by atoms with Gasteiger partial charge in [0, 0.05) is 29.2 Å². The first-order valence-corrected chi connectivity index (χ1v) is 7.00. The molecule has 18 heavy (non-hydrogen) atoms. The van der Waals surface area contributed by atoms with Gasteiger partial charge in [0.25, 0.3) is 0 Å². The van der Waals surface area contributed by atoms with Crippen LogP contribution in [0, 0.1) is 5.82 Å². The van der Waals surface area contributed by atoms with Crippen molar-refractivity contribution in [3.63, 3.8) is 0 Å². The number of nitrogens with two attached hydrogens (primary N) is 1. The maximum absolute atomic E-state index is 13.9. The van der Waals surface area contributed by atoms with Gasteiger partial charge in [0.15, 0.2) is 0 Å². The van der Waals surface area contributed by atoms with Crippen molar-refractivity contribution in [2.24, 2.45) is 5.73 Å². The van der Waals surface area contributed by atoms with E-state index in [0.717, 1.165) is 12.8 Å². The fourth-order valence-electron chi connectivity index (χ4n) is 2.67. The minimum atomic E-state index is -0.277. The van der Waals surface area contributed by atoms with Gasteiger partial charge >= 0.3 is 0 Å². The van der Waals surface area contributed by atoms with E-state index in [0.29, 0.717) is 23.2 Å². The van der Waals surface area contributed by atoms with Gasteiger partial charge in [-0.1, -0.05) is 36.9 Å². The molecule has 1 aliphatic carbocycles. The largest absolute Gasteiger partial charge is 0.329 e. The Balaban J connectivity index is 2.12. The maximum atomic E-state index is 13.9. The average Bonchev–Trinajstić information content (AvgIpc) is 2.38. The molecule has 1 atom stereocenters. The molecule has 0 bridgehead atoms. The molecule has 0 radical (unpaired) electrons. The predicted molar refractivity (Wildman–Crippen MR) is 73.2 cm³/mol. The molecule has 3 N–H and O–H groups in total. The minimum absolute atomic E-state index is 0.193. The Morgan fingerprint density at radius 3 is 2.67 bits per heavy atom. The highest BCUT2D eigenvalue weighted by Gasteiger charge is 2.22. The molecule has 0 amide bonds. The zero-order valence-electron chi connectivity index (χ0n) is 10.5. The fraction of sp³-hybridized carbons (Fsp3) is 0.571. The third-order valence-corrected chi connectivity index (χ3v) is 3.96. The summed E-state index contributed by atoms with van der Waals surface area (Å²) in [7, 11) is 0. The van der Waals surface area contributed by atoms with Crippen molar-refractivity contribution in [1.82, 2.24) is 5.32 Å². The van der Waals surface area contributed by atoms with Crippen LogP contribution in [0.3, 0.4) is 0 Å². The highest BCUT2D eigenvalue weighted by atomic mass is 35.5. The van der Waals surface area contributed by atoms with E-state index >= 15 is 0 Å². The van der Waals surface area contributed by atoms with Crippen LogP contribution in [0.4, 0.5) is 4.39 Å². The van der Waals surface area contributed by atoms with E-state index in [1.807, 2.05) is 0 Å². The first kappa shape index (κ1) is 13.8. The van der Waals surface area contributed by atoms with Gasteiger partial charge in [0.1, 0.15) is 5.82 Å². The van der Waals surface area contributed by atoms with E-state index in [9.17, 15) is 4.39 Å². The van der Waals surface area contributed by atoms with E-state index in [4.69, 9.17) is 17.3 Å². The van der Waals surface area contributed by atoms with Crippen molar-refractivity contribution in [1.29, 1.82) is 0 Å². The summed E-state index contributed by atoms with van der Waals surface area (Å²) in [5.41, 5.74) is 6.28. The van der Waals surface area contributed by atoms with Crippen LogP contribution in [-0.4, -0.2) is 12.6 Å². The van der Waals surface area contributed by atoms with Crippen LogP contribution >= 0.6 is 11.6 Å². The Labute approximate surface area is 113 Å². The predicted octanol–water partition coefficient (Wildman–Crippen LogP) is 3.40. The zero-order chi connectivity index (χ0) is 13.0. The molecule has 100 valence electrons. The van der Waals surface area contributed by atoms with E-state index in [1.54, 1.807) is 12.1 Å². The van der Waals surface area contributed by atoms with E-state index < -0.39 is 0 Å². The van der Waals surface area contributed by atoms with Crippen molar-refractivity contribution >= 4 is 11.6 Å². The van der Waals surface area contributed by atoms with Gasteiger partial charge in [-0.15, -0.1) is 0 Å². The summed E-state index contributed by atoms with van der Waals surface area (Å²) in [6.45, 7) is 0.358. The monoisotopic (exact) mass is 270 g/mol. The molecule has 1 unspecified atom stereocenters. The lowest BCUT2D eigenvalue weighted by molar-refractivity contribution is 0.337. The van der Waals surface area contributed by atoms with E-state index in [1.165, 1.54) is 25.3 Å². The lowest BCUT2D eigenvalue weighted by Gasteiger charge is -2.28. The third kappa shape index (κ3) is 3.22. The Kier molecular flexibility index (Phi) is 4.98. The van der Waals surface area contributed by atoms with Crippen LogP contribution in [0.15, 0.2) is 18.2 Å². The highest BCUT2D eigenvalue weighted by Crippen LogP contribution is 2.27. The van der Waals surface area contributed by atoms with Crippen LogP contribution in [0.25, 0.3) is 0 Å². The molecule has 0 heterocycles. The number of halogens is 2. The lowest BCUT2D eigenvalue weighted by atomic mass is 9.94. The van der Waals surface area contributed by atoms with Crippen LogP contribution in [0.2, 0.25) is 5.02 Å². The molecule has 1 fully saturated rings. The molecular weight excluding hydrogens is 251 g/mol.